The molecule has 2 aliphatic rings. The predicted octanol–water partition coefficient (Wildman–Crippen LogP) is 2.59. The van der Waals surface area contributed by atoms with E-state index in [0.717, 1.165) is 50.6 Å². The lowest BCUT2D eigenvalue weighted by molar-refractivity contribution is -0.135. The highest BCUT2D eigenvalue weighted by Gasteiger charge is 2.27. The third-order valence-corrected chi connectivity index (χ3v) is 6.40. The molecule has 1 aromatic carbocycles. The van der Waals surface area contributed by atoms with E-state index in [-0.39, 0.29) is 17.9 Å². The molecule has 2 amide bonds. The van der Waals surface area contributed by atoms with Crippen molar-refractivity contribution >= 4 is 11.8 Å². The van der Waals surface area contributed by atoms with E-state index in [0.29, 0.717) is 42.6 Å². The minimum absolute atomic E-state index is 0.159. The Morgan fingerprint density at radius 1 is 1.12 bits per heavy atom. The van der Waals surface area contributed by atoms with Crippen LogP contribution in [0.2, 0.25) is 0 Å². The van der Waals surface area contributed by atoms with Crippen LogP contribution in [-0.4, -0.2) is 64.6 Å². The van der Waals surface area contributed by atoms with Gasteiger partial charge in [0.1, 0.15) is 0 Å². The number of aromatic nitrogens is 3. The predicted molar refractivity (Wildman–Crippen MR) is 122 cm³/mol. The highest BCUT2D eigenvalue weighted by Crippen LogP contribution is 2.28. The Hall–Kier alpha value is -3.10. The van der Waals surface area contributed by atoms with Crippen molar-refractivity contribution in [2.45, 2.75) is 70.0 Å². The van der Waals surface area contributed by atoms with Crippen LogP contribution in [-0.2, 0) is 17.8 Å². The number of aryl methyl sites for hydroxylation is 2. The third-order valence-electron chi connectivity index (χ3n) is 6.40. The molecule has 9 nitrogen and oxygen atoms in total. The highest BCUT2D eigenvalue weighted by molar-refractivity contribution is 5.92. The second-order valence-corrected chi connectivity index (χ2v) is 8.83. The van der Waals surface area contributed by atoms with E-state index in [1.165, 1.54) is 0 Å². The first-order valence-electron chi connectivity index (χ1n) is 11.8. The van der Waals surface area contributed by atoms with Gasteiger partial charge in [-0.3, -0.25) is 14.3 Å². The first-order valence-corrected chi connectivity index (χ1v) is 11.8. The Kier molecular flexibility index (Phi) is 7.47. The van der Waals surface area contributed by atoms with E-state index in [4.69, 9.17) is 9.47 Å². The van der Waals surface area contributed by atoms with Gasteiger partial charge in [-0.1, -0.05) is 11.3 Å². The quantitative estimate of drug-likeness (QED) is 0.591. The van der Waals surface area contributed by atoms with Crippen LogP contribution < -0.4 is 14.8 Å². The number of hydrogen-bond acceptors (Lipinski definition) is 6. The Morgan fingerprint density at radius 2 is 1.94 bits per heavy atom. The molecular weight excluding hydrogens is 422 g/mol. The van der Waals surface area contributed by atoms with Crippen LogP contribution in [0, 0.1) is 0 Å². The second-order valence-electron chi connectivity index (χ2n) is 8.83. The van der Waals surface area contributed by atoms with Gasteiger partial charge in [0, 0.05) is 31.6 Å². The number of carbonyl (C=O) groups is 2. The van der Waals surface area contributed by atoms with E-state index in [9.17, 15) is 9.59 Å². The molecule has 1 aliphatic carbocycles. The molecule has 0 bridgehead atoms. The lowest BCUT2D eigenvalue weighted by Gasteiger charge is -2.36. The lowest BCUT2D eigenvalue weighted by atomic mass is 9.98. The first kappa shape index (κ1) is 23.1. The minimum Gasteiger partial charge on any atom is -0.493 e. The zero-order chi connectivity index (χ0) is 23.2. The zero-order valence-electron chi connectivity index (χ0n) is 19.5. The summed E-state index contributed by atoms with van der Waals surface area (Å²) in [5.74, 6) is 1.38. The van der Waals surface area contributed by atoms with Crippen LogP contribution in [0.15, 0.2) is 24.4 Å². The van der Waals surface area contributed by atoms with Crippen molar-refractivity contribution in [3.05, 3.63) is 35.7 Å². The van der Waals surface area contributed by atoms with E-state index in [1.54, 1.807) is 25.1 Å². The van der Waals surface area contributed by atoms with Crippen molar-refractivity contribution in [3.8, 4) is 11.5 Å². The monoisotopic (exact) mass is 455 g/mol. The van der Waals surface area contributed by atoms with Gasteiger partial charge in [-0.2, -0.15) is 0 Å². The van der Waals surface area contributed by atoms with E-state index < -0.39 is 0 Å². The zero-order valence-corrected chi connectivity index (χ0v) is 19.5. The van der Waals surface area contributed by atoms with Gasteiger partial charge in [0.25, 0.3) is 5.91 Å². The number of rotatable bonds is 10. The van der Waals surface area contributed by atoms with Crippen LogP contribution in [0.1, 0.15) is 61.0 Å². The van der Waals surface area contributed by atoms with Gasteiger partial charge in [-0.15, -0.1) is 5.10 Å². The van der Waals surface area contributed by atoms with Crippen molar-refractivity contribution in [2.24, 2.45) is 0 Å². The van der Waals surface area contributed by atoms with Gasteiger partial charge >= 0.3 is 0 Å². The van der Waals surface area contributed by atoms with Gasteiger partial charge in [0.15, 0.2) is 17.2 Å². The molecule has 33 heavy (non-hydrogen) atoms. The van der Waals surface area contributed by atoms with Crippen LogP contribution in [0.3, 0.4) is 0 Å². The highest BCUT2D eigenvalue weighted by atomic mass is 16.5. The van der Waals surface area contributed by atoms with Gasteiger partial charge in [0.2, 0.25) is 5.91 Å². The summed E-state index contributed by atoms with van der Waals surface area (Å²) in [6, 6.07) is 6.26. The van der Waals surface area contributed by atoms with Crippen LogP contribution in [0.25, 0.3) is 0 Å². The number of nitrogens with one attached hydrogen (secondary N) is 1. The number of nitrogens with zero attached hydrogens (tertiary/aromatic N) is 4. The van der Waals surface area contributed by atoms with Crippen molar-refractivity contribution in [1.82, 2.24) is 25.2 Å². The topological polar surface area (TPSA) is 98.6 Å². The van der Waals surface area contributed by atoms with E-state index in [1.807, 2.05) is 23.1 Å². The summed E-state index contributed by atoms with van der Waals surface area (Å²) < 4.78 is 12.4. The van der Waals surface area contributed by atoms with Crippen LogP contribution >= 0.6 is 0 Å². The molecule has 9 heteroatoms. The number of hydrogen-bond donors (Lipinski definition) is 1. The Bertz CT molecular complexity index is 972. The molecule has 1 N–H and O–H groups in total. The summed E-state index contributed by atoms with van der Waals surface area (Å²) in [6.45, 7) is 1.43. The maximum absolute atomic E-state index is 13.1. The summed E-state index contributed by atoms with van der Waals surface area (Å²) >= 11 is 0. The average molecular weight is 456 g/mol. The summed E-state index contributed by atoms with van der Waals surface area (Å²) in [5, 5.41) is 11.0. The van der Waals surface area contributed by atoms with E-state index >= 15 is 0 Å². The minimum atomic E-state index is -0.159. The standard InChI is InChI=1S/C24H33N5O4/c1-32-21-10-6-17(15-22(21)33-2)7-11-23(30)29-13-4-3-5-19(29)12-14-28-16-20(26-27-28)24(31)25-18-8-9-18/h6,10,15-16,18-19H,3-5,7-9,11-14H2,1-2H3,(H,25,31)/t19-/m1/s1. The van der Waals surface area contributed by atoms with Gasteiger partial charge in [-0.25, -0.2) is 0 Å². The van der Waals surface area contributed by atoms with Gasteiger partial charge in [0.05, 0.1) is 20.4 Å². The molecule has 2 aromatic rings. The molecule has 2 heterocycles. The van der Waals surface area contributed by atoms with Crippen molar-refractivity contribution in [2.75, 3.05) is 20.8 Å². The Morgan fingerprint density at radius 3 is 2.70 bits per heavy atom. The fourth-order valence-electron chi connectivity index (χ4n) is 4.34. The third kappa shape index (κ3) is 6.03. The summed E-state index contributed by atoms with van der Waals surface area (Å²) in [5.41, 5.74) is 1.41. The Balaban J connectivity index is 1.30. The maximum Gasteiger partial charge on any atom is 0.273 e. The fraction of sp³-hybridized carbons (Fsp3) is 0.583. The molecule has 0 radical (unpaired) electrons. The largest absolute Gasteiger partial charge is 0.493 e. The molecule has 1 atom stereocenters. The summed E-state index contributed by atoms with van der Waals surface area (Å²) in [6.07, 6.45) is 8.84. The average Bonchev–Trinajstić information content (AvgIpc) is 3.53. The fourth-order valence-corrected chi connectivity index (χ4v) is 4.34. The number of carbonyl (C=O) groups excluding carboxylic acids is 2. The molecule has 4 rings (SSSR count). The first-order chi connectivity index (χ1) is 16.1. The lowest BCUT2D eigenvalue weighted by Crippen LogP contribution is -2.44. The van der Waals surface area contributed by atoms with Crippen molar-refractivity contribution < 1.29 is 19.1 Å². The van der Waals surface area contributed by atoms with Crippen molar-refractivity contribution in [1.29, 1.82) is 0 Å². The molecule has 2 fully saturated rings. The number of ether oxygens (including phenoxy) is 2. The summed E-state index contributed by atoms with van der Waals surface area (Å²) in [7, 11) is 3.23. The molecule has 0 unspecified atom stereocenters. The van der Waals surface area contributed by atoms with Crippen LogP contribution in [0.5, 0.6) is 11.5 Å². The van der Waals surface area contributed by atoms with E-state index in [2.05, 4.69) is 15.6 Å². The number of piperidine rings is 1. The number of likely N-dealkylation sites (tertiary alicyclic amines) is 1. The molecule has 1 saturated heterocycles. The van der Waals surface area contributed by atoms with Gasteiger partial charge in [-0.05, 0) is 62.6 Å². The molecular formula is C24H33N5O4. The van der Waals surface area contributed by atoms with Crippen LogP contribution in [0.4, 0.5) is 0 Å². The molecule has 178 valence electrons. The molecule has 1 aromatic heterocycles. The number of amides is 2. The Labute approximate surface area is 194 Å². The molecule has 1 saturated carbocycles. The van der Waals surface area contributed by atoms with Gasteiger partial charge < -0.3 is 19.7 Å². The second kappa shape index (κ2) is 10.7. The number of benzene rings is 1. The molecule has 1 aliphatic heterocycles. The number of methoxy groups -OCH3 is 2. The molecule has 0 spiro atoms. The van der Waals surface area contributed by atoms with Crippen molar-refractivity contribution in [3.63, 3.8) is 0 Å². The maximum atomic E-state index is 13.1. The SMILES string of the molecule is COc1ccc(CCC(=O)N2CCCC[C@@H]2CCn2cc(C(=O)NC3CC3)nn2)cc1OC. The normalized spacial score (nSPS) is 18.1. The summed E-state index contributed by atoms with van der Waals surface area (Å²) in [4.78, 5) is 27.2. The smallest absolute Gasteiger partial charge is 0.273 e.